The Balaban J connectivity index is 1.11. The van der Waals surface area contributed by atoms with E-state index in [4.69, 9.17) is 9.40 Å². The average Bonchev–Trinajstić information content (AvgIpc) is 3.87. The normalized spacial score (nSPS) is 11.9. The van der Waals surface area contributed by atoms with Crippen LogP contribution in [0.3, 0.4) is 0 Å². The zero-order valence-electron chi connectivity index (χ0n) is 27.5. The van der Waals surface area contributed by atoms with Crippen LogP contribution in [0.25, 0.3) is 99.4 Å². The van der Waals surface area contributed by atoms with Crippen molar-refractivity contribution in [1.29, 1.82) is 0 Å². The van der Waals surface area contributed by atoms with Gasteiger partial charge in [-0.05, 0) is 65.5 Å². The van der Waals surface area contributed by atoms with Gasteiger partial charge in [-0.1, -0.05) is 121 Å². The van der Waals surface area contributed by atoms with Crippen molar-refractivity contribution in [1.82, 2.24) is 14.1 Å². The standard InChI is InChI=1S/C47H29N3O/c1-2-16-34-30(12-1)13-10-24-41(34)50-44-23-7-5-21-40(44)48-47(50)32-14-9-15-33(28-32)49-42-22-6-3-17-36(42)39-29-31(26-27-43(39)49)35-19-11-20-38-37-18-4-8-25-45(37)51-46(35)38/h1-29H. The Hall–Kier alpha value is -6.91. The van der Waals surface area contributed by atoms with Crippen LogP contribution in [-0.2, 0) is 0 Å². The number of imidazole rings is 1. The molecule has 3 heterocycles. The quantitative estimate of drug-likeness (QED) is 0.190. The lowest BCUT2D eigenvalue weighted by Gasteiger charge is -2.14. The third-order valence-corrected chi connectivity index (χ3v) is 10.3. The van der Waals surface area contributed by atoms with Crippen molar-refractivity contribution in [2.75, 3.05) is 0 Å². The molecule has 0 unspecified atom stereocenters. The summed E-state index contributed by atoms with van der Waals surface area (Å²) < 4.78 is 11.1. The lowest BCUT2D eigenvalue weighted by molar-refractivity contribution is 0.670. The first-order chi connectivity index (χ1) is 25.3. The van der Waals surface area contributed by atoms with Crippen LogP contribution < -0.4 is 0 Å². The van der Waals surface area contributed by atoms with Gasteiger partial charge in [0, 0.05) is 43.7 Å². The van der Waals surface area contributed by atoms with Gasteiger partial charge in [0.15, 0.2) is 0 Å². The van der Waals surface area contributed by atoms with Crippen molar-refractivity contribution in [3.8, 4) is 33.9 Å². The molecule has 51 heavy (non-hydrogen) atoms. The molecule has 0 spiro atoms. The molecule has 11 aromatic rings. The summed E-state index contributed by atoms with van der Waals surface area (Å²) in [5.74, 6) is 0.913. The Morgan fingerprint density at radius 3 is 2.08 bits per heavy atom. The molecule has 0 fully saturated rings. The summed E-state index contributed by atoms with van der Waals surface area (Å²) in [6, 6.07) is 62.5. The molecule has 4 nitrogen and oxygen atoms in total. The summed E-state index contributed by atoms with van der Waals surface area (Å²) in [6.45, 7) is 0. The third-order valence-electron chi connectivity index (χ3n) is 10.3. The Kier molecular flexibility index (Phi) is 5.92. The number of furan rings is 1. The maximum atomic E-state index is 6.44. The number of para-hydroxylation sites is 5. The molecule has 0 radical (unpaired) electrons. The number of nitrogens with zero attached hydrogens (tertiary/aromatic N) is 3. The molecule has 4 heteroatoms. The minimum Gasteiger partial charge on any atom is -0.455 e. The summed E-state index contributed by atoms with van der Waals surface area (Å²) in [7, 11) is 0. The number of hydrogen-bond acceptors (Lipinski definition) is 2. The van der Waals surface area contributed by atoms with Gasteiger partial charge >= 0.3 is 0 Å². The molecular weight excluding hydrogens is 623 g/mol. The number of fused-ring (bicyclic) bond motifs is 8. The smallest absolute Gasteiger partial charge is 0.145 e. The highest BCUT2D eigenvalue weighted by Crippen LogP contribution is 2.40. The van der Waals surface area contributed by atoms with E-state index >= 15 is 0 Å². The maximum absolute atomic E-state index is 6.44. The zero-order chi connectivity index (χ0) is 33.5. The molecule has 0 saturated heterocycles. The minimum absolute atomic E-state index is 0.909. The molecule has 11 rings (SSSR count). The molecule has 3 aromatic heterocycles. The highest BCUT2D eigenvalue weighted by atomic mass is 16.3. The van der Waals surface area contributed by atoms with Crippen LogP contribution in [-0.4, -0.2) is 14.1 Å². The Morgan fingerprint density at radius 1 is 0.431 bits per heavy atom. The van der Waals surface area contributed by atoms with Gasteiger partial charge in [0.25, 0.3) is 0 Å². The molecule has 0 saturated carbocycles. The van der Waals surface area contributed by atoms with E-state index in [0.29, 0.717) is 0 Å². The number of benzene rings is 8. The Labute approximate surface area is 293 Å². The lowest BCUT2D eigenvalue weighted by atomic mass is 10.0. The second kappa shape index (κ2) is 10.8. The molecule has 0 amide bonds. The average molecular weight is 652 g/mol. The molecule has 8 aromatic carbocycles. The molecule has 0 atom stereocenters. The van der Waals surface area contributed by atoms with Gasteiger partial charge in [-0.15, -0.1) is 0 Å². The Morgan fingerprint density at radius 2 is 1.14 bits per heavy atom. The first kappa shape index (κ1) is 28.0. The van der Waals surface area contributed by atoms with Gasteiger partial charge in [0.05, 0.1) is 27.8 Å². The monoisotopic (exact) mass is 651 g/mol. The summed E-state index contributed by atoms with van der Waals surface area (Å²) in [4.78, 5) is 5.24. The largest absolute Gasteiger partial charge is 0.455 e. The highest BCUT2D eigenvalue weighted by molar-refractivity contribution is 6.13. The predicted octanol–water partition coefficient (Wildman–Crippen LogP) is 12.5. The van der Waals surface area contributed by atoms with Gasteiger partial charge in [0.1, 0.15) is 17.0 Å². The summed E-state index contributed by atoms with van der Waals surface area (Å²) in [5.41, 5.74) is 11.7. The van der Waals surface area contributed by atoms with E-state index in [2.05, 4.69) is 173 Å². The van der Waals surface area contributed by atoms with Gasteiger partial charge < -0.3 is 8.98 Å². The van der Waals surface area contributed by atoms with Crippen molar-refractivity contribution < 1.29 is 4.42 Å². The molecule has 0 bridgehead atoms. The van der Waals surface area contributed by atoms with E-state index in [0.717, 1.165) is 77.9 Å². The zero-order valence-corrected chi connectivity index (χ0v) is 27.5. The molecule has 0 aliphatic heterocycles. The van der Waals surface area contributed by atoms with Crippen LogP contribution in [0, 0.1) is 0 Å². The fourth-order valence-corrected chi connectivity index (χ4v) is 8.04. The Bertz CT molecular complexity index is 3150. The molecule has 0 aliphatic rings. The summed E-state index contributed by atoms with van der Waals surface area (Å²) >= 11 is 0. The van der Waals surface area contributed by atoms with Crippen LogP contribution >= 0.6 is 0 Å². The fraction of sp³-hybridized carbons (Fsp3) is 0. The number of hydrogen-bond donors (Lipinski definition) is 0. The summed E-state index contributed by atoms with van der Waals surface area (Å²) in [6.07, 6.45) is 0. The molecule has 238 valence electrons. The van der Waals surface area contributed by atoms with E-state index in [-0.39, 0.29) is 0 Å². The predicted molar refractivity (Wildman–Crippen MR) is 211 cm³/mol. The topological polar surface area (TPSA) is 35.9 Å². The van der Waals surface area contributed by atoms with Crippen molar-refractivity contribution >= 4 is 65.6 Å². The lowest BCUT2D eigenvalue weighted by Crippen LogP contribution is -2.00. The van der Waals surface area contributed by atoms with Gasteiger partial charge in [-0.25, -0.2) is 4.98 Å². The first-order valence-corrected chi connectivity index (χ1v) is 17.3. The van der Waals surface area contributed by atoms with Crippen molar-refractivity contribution in [3.05, 3.63) is 176 Å². The van der Waals surface area contributed by atoms with Crippen LogP contribution in [0.2, 0.25) is 0 Å². The minimum atomic E-state index is 0.909. The second-order valence-corrected chi connectivity index (χ2v) is 13.2. The van der Waals surface area contributed by atoms with Crippen LogP contribution in [0.15, 0.2) is 180 Å². The van der Waals surface area contributed by atoms with E-state index in [1.54, 1.807) is 0 Å². The van der Waals surface area contributed by atoms with E-state index < -0.39 is 0 Å². The maximum Gasteiger partial charge on any atom is 0.145 e. The second-order valence-electron chi connectivity index (χ2n) is 13.2. The highest BCUT2D eigenvalue weighted by Gasteiger charge is 2.19. The first-order valence-electron chi connectivity index (χ1n) is 17.3. The van der Waals surface area contributed by atoms with Gasteiger partial charge in [0.2, 0.25) is 0 Å². The van der Waals surface area contributed by atoms with Gasteiger partial charge in [-0.2, -0.15) is 0 Å². The van der Waals surface area contributed by atoms with E-state index in [9.17, 15) is 0 Å². The van der Waals surface area contributed by atoms with E-state index in [1.807, 2.05) is 12.1 Å². The molecule has 0 aliphatic carbocycles. The van der Waals surface area contributed by atoms with Gasteiger partial charge in [-0.3, -0.25) is 4.57 Å². The van der Waals surface area contributed by atoms with E-state index in [1.165, 1.54) is 21.5 Å². The summed E-state index contributed by atoms with van der Waals surface area (Å²) in [5, 5.41) is 7.08. The number of aromatic nitrogens is 3. The fourth-order valence-electron chi connectivity index (χ4n) is 8.04. The molecular formula is C47H29N3O. The van der Waals surface area contributed by atoms with Crippen molar-refractivity contribution in [2.45, 2.75) is 0 Å². The molecule has 0 N–H and O–H groups in total. The van der Waals surface area contributed by atoms with Crippen LogP contribution in [0.5, 0.6) is 0 Å². The van der Waals surface area contributed by atoms with Crippen molar-refractivity contribution in [3.63, 3.8) is 0 Å². The number of rotatable bonds is 4. The SMILES string of the molecule is c1cc(-c2nc3ccccc3n2-c2cccc3ccccc23)cc(-n2c3ccccc3c3cc(-c4cccc5c4oc4ccccc45)ccc32)c1. The van der Waals surface area contributed by atoms with Crippen LogP contribution in [0.4, 0.5) is 0 Å². The van der Waals surface area contributed by atoms with Crippen LogP contribution in [0.1, 0.15) is 0 Å². The van der Waals surface area contributed by atoms with Crippen molar-refractivity contribution in [2.24, 2.45) is 0 Å². The third kappa shape index (κ3) is 4.17.